The second kappa shape index (κ2) is 4.93. The van der Waals surface area contributed by atoms with Gasteiger partial charge in [-0.25, -0.2) is 0 Å². The molecule has 0 atom stereocenters. The molecule has 2 aromatic rings. The fourth-order valence-corrected chi connectivity index (χ4v) is 2.44. The smallest absolute Gasteiger partial charge is 0.195 e. The van der Waals surface area contributed by atoms with Crippen molar-refractivity contribution in [2.24, 2.45) is 0 Å². The Morgan fingerprint density at radius 3 is 2.75 bits per heavy atom. The minimum Gasteiger partial charge on any atom is -0.289 e. The number of nitrogens with zero attached hydrogens (tertiary/aromatic N) is 1. The molecule has 1 heterocycles. The third kappa shape index (κ3) is 2.41. The Balaban J connectivity index is 2.42. The number of hydrogen-bond donors (Lipinski definition) is 0. The summed E-state index contributed by atoms with van der Waals surface area (Å²) >= 11 is 7.94. The Kier molecular flexibility index (Phi) is 3.56. The van der Waals surface area contributed by atoms with Gasteiger partial charge in [0.15, 0.2) is 5.78 Å². The van der Waals surface area contributed by atoms with Crippen molar-refractivity contribution >= 4 is 40.0 Å². The van der Waals surface area contributed by atoms with E-state index in [9.17, 15) is 4.79 Å². The molecule has 2 rings (SSSR count). The van der Waals surface area contributed by atoms with E-state index in [4.69, 9.17) is 11.6 Å². The topological polar surface area (TPSA) is 30.0 Å². The molecule has 0 unspecified atom stereocenters. The first-order valence-corrected chi connectivity index (χ1v) is 6.04. The Bertz CT molecular complexity index is 528. The number of halogens is 2. The van der Waals surface area contributed by atoms with Crippen LogP contribution in [0.1, 0.15) is 15.9 Å². The Morgan fingerprint density at radius 2 is 2.12 bits per heavy atom. The molecule has 0 fully saturated rings. The Labute approximate surface area is 112 Å². The van der Waals surface area contributed by atoms with Crippen LogP contribution in [0, 0.1) is 3.57 Å². The monoisotopic (exact) mass is 343 g/mol. The second-order valence-corrected chi connectivity index (χ2v) is 4.79. The van der Waals surface area contributed by atoms with Gasteiger partial charge in [0.05, 0.1) is 0 Å². The molecule has 0 spiro atoms. The first-order valence-electron chi connectivity index (χ1n) is 4.58. The number of carbonyl (C=O) groups is 1. The second-order valence-electron chi connectivity index (χ2n) is 3.19. The zero-order valence-corrected chi connectivity index (χ0v) is 11.1. The van der Waals surface area contributed by atoms with Gasteiger partial charge < -0.3 is 0 Å². The molecule has 4 heteroatoms. The van der Waals surface area contributed by atoms with Gasteiger partial charge in [-0.05, 0) is 52.9 Å². The number of ketones is 1. The van der Waals surface area contributed by atoms with Crippen LogP contribution in [0.3, 0.4) is 0 Å². The van der Waals surface area contributed by atoms with Crippen LogP contribution in [0.25, 0.3) is 0 Å². The van der Waals surface area contributed by atoms with Gasteiger partial charge in [-0.15, -0.1) is 0 Å². The van der Waals surface area contributed by atoms with Crippen molar-refractivity contribution in [3.8, 4) is 0 Å². The molecule has 80 valence electrons. The van der Waals surface area contributed by atoms with Gasteiger partial charge in [0.25, 0.3) is 0 Å². The van der Waals surface area contributed by atoms with Crippen LogP contribution < -0.4 is 0 Å². The third-order valence-electron chi connectivity index (χ3n) is 2.10. The lowest BCUT2D eigenvalue weighted by Crippen LogP contribution is -2.03. The van der Waals surface area contributed by atoms with E-state index < -0.39 is 0 Å². The number of carbonyl (C=O) groups excluding carboxylic acids is 1. The molecule has 1 aromatic carbocycles. The molecule has 0 radical (unpaired) electrons. The van der Waals surface area contributed by atoms with Crippen LogP contribution in [0.2, 0.25) is 5.02 Å². The van der Waals surface area contributed by atoms with Gasteiger partial charge in [0.1, 0.15) is 0 Å². The van der Waals surface area contributed by atoms with E-state index in [0.717, 1.165) is 3.57 Å². The molecular weight excluding hydrogens is 336 g/mol. The summed E-state index contributed by atoms with van der Waals surface area (Å²) in [6, 6.07) is 8.72. The fourth-order valence-electron chi connectivity index (χ4n) is 1.33. The summed E-state index contributed by atoms with van der Waals surface area (Å²) in [7, 11) is 0. The largest absolute Gasteiger partial charge is 0.289 e. The maximum absolute atomic E-state index is 12.1. The van der Waals surface area contributed by atoms with Crippen LogP contribution in [-0.4, -0.2) is 10.8 Å². The van der Waals surface area contributed by atoms with Crippen molar-refractivity contribution in [3.63, 3.8) is 0 Å². The van der Waals surface area contributed by atoms with Crippen LogP contribution in [0.4, 0.5) is 0 Å². The molecule has 0 bridgehead atoms. The number of aromatic nitrogens is 1. The summed E-state index contributed by atoms with van der Waals surface area (Å²) in [6.07, 6.45) is 3.20. The van der Waals surface area contributed by atoms with Crippen molar-refractivity contribution in [3.05, 3.63) is 62.4 Å². The van der Waals surface area contributed by atoms with Gasteiger partial charge in [-0.1, -0.05) is 11.6 Å². The van der Waals surface area contributed by atoms with E-state index in [-0.39, 0.29) is 5.78 Å². The summed E-state index contributed by atoms with van der Waals surface area (Å²) in [5.74, 6) is -0.0332. The Hall–Kier alpha value is -0.940. The summed E-state index contributed by atoms with van der Waals surface area (Å²) < 4.78 is 0.846. The highest BCUT2D eigenvalue weighted by atomic mass is 127. The summed E-state index contributed by atoms with van der Waals surface area (Å²) in [6.45, 7) is 0. The highest BCUT2D eigenvalue weighted by Crippen LogP contribution is 2.20. The first-order chi connectivity index (χ1) is 7.68. The van der Waals surface area contributed by atoms with Gasteiger partial charge >= 0.3 is 0 Å². The lowest BCUT2D eigenvalue weighted by Gasteiger charge is -2.03. The maximum atomic E-state index is 12.1. The zero-order chi connectivity index (χ0) is 11.5. The predicted molar refractivity (Wildman–Crippen MR) is 71.8 cm³/mol. The number of hydrogen-bond acceptors (Lipinski definition) is 2. The summed E-state index contributed by atoms with van der Waals surface area (Å²) in [4.78, 5) is 16.0. The molecular formula is C12H7ClINO. The van der Waals surface area contributed by atoms with Crippen molar-refractivity contribution in [2.75, 3.05) is 0 Å². The SMILES string of the molecule is O=C(c1cccnc1)c1ccc(Cl)cc1I. The minimum atomic E-state index is -0.0332. The summed E-state index contributed by atoms with van der Waals surface area (Å²) in [5, 5.41) is 0.632. The van der Waals surface area contributed by atoms with Gasteiger partial charge in [0, 0.05) is 32.1 Å². The lowest BCUT2D eigenvalue weighted by atomic mass is 10.1. The quantitative estimate of drug-likeness (QED) is 0.616. The Morgan fingerprint density at radius 1 is 1.31 bits per heavy atom. The van der Waals surface area contributed by atoms with Gasteiger partial charge in [-0.3, -0.25) is 9.78 Å². The van der Waals surface area contributed by atoms with E-state index in [2.05, 4.69) is 27.6 Å². The fraction of sp³-hybridized carbons (Fsp3) is 0. The molecule has 1 aromatic heterocycles. The summed E-state index contributed by atoms with van der Waals surface area (Å²) in [5.41, 5.74) is 1.24. The molecule has 0 N–H and O–H groups in total. The third-order valence-corrected chi connectivity index (χ3v) is 3.23. The first kappa shape index (κ1) is 11.5. The van der Waals surface area contributed by atoms with E-state index in [1.165, 1.54) is 0 Å². The normalized spacial score (nSPS) is 10.1. The minimum absolute atomic E-state index is 0.0332. The molecule has 0 aliphatic heterocycles. The lowest BCUT2D eigenvalue weighted by molar-refractivity contribution is 0.103. The highest BCUT2D eigenvalue weighted by Gasteiger charge is 2.12. The average Bonchev–Trinajstić information content (AvgIpc) is 2.29. The highest BCUT2D eigenvalue weighted by molar-refractivity contribution is 14.1. The standard InChI is InChI=1S/C12H7ClINO/c13-9-3-4-10(11(14)6-9)12(16)8-2-1-5-15-7-8/h1-7H. The van der Waals surface area contributed by atoms with E-state index >= 15 is 0 Å². The van der Waals surface area contributed by atoms with E-state index in [0.29, 0.717) is 16.1 Å². The number of pyridine rings is 1. The molecule has 0 saturated heterocycles. The molecule has 16 heavy (non-hydrogen) atoms. The van der Waals surface area contributed by atoms with E-state index in [1.54, 1.807) is 42.7 Å². The van der Waals surface area contributed by atoms with Crippen molar-refractivity contribution in [1.82, 2.24) is 4.98 Å². The van der Waals surface area contributed by atoms with E-state index in [1.807, 2.05) is 0 Å². The van der Waals surface area contributed by atoms with Crippen LogP contribution in [-0.2, 0) is 0 Å². The number of benzene rings is 1. The molecule has 0 aliphatic carbocycles. The van der Waals surface area contributed by atoms with Gasteiger partial charge in [0.2, 0.25) is 0 Å². The molecule has 2 nitrogen and oxygen atoms in total. The molecule has 0 amide bonds. The van der Waals surface area contributed by atoms with Crippen LogP contribution in [0.5, 0.6) is 0 Å². The van der Waals surface area contributed by atoms with Crippen LogP contribution in [0.15, 0.2) is 42.7 Å². The zero-order valence-electron chi connectivity index (χ0n) is 8.15. The maximum Gasteiger partial charge on any atom is 0.195 e. The molecule has 0 aliphatic rings. The average molecular weight is 344 g/mol. The van der Waals surface area contributed by atoms with Crippen molar-refractivity contribution in [1.29, 1.82) is 0 Å². The van der Waals surface area contributed by atoms with Gasteiger partial charge in [-0.2, -0.15) is 0 Å². The number of rotatable bonds is 2. The van der Waals surface area contributed by atoms with Crippen molar-refractivity contribution < 1.29 is 4.79 Å². The van der Waals surface area contributed by atoms with Crippen LogP contribution >= 0.6 is 34.2 Å². The molecule has 0 saturated carbocycles. The predicted octanol–water partition coefficient (Wildman–Crippen LogP) is 3.57. The van der Waals surface area contributed by atoms with Crippen molar-refractivity contribution in [2.45, 2.75) is 0 Å².